The fraction of sp³-hybridized carbons (Fsp3) is 0.250. The Morgan fingerprint density at radius 3 is 2.33 bits per heavy atom. The van der Waals surface area contributed by atoms with Crippen LogP contribution in [0.15, 0.2) is 30.8 Å². The van der Waals surface area contributed by atoms with Gasteiger partial charge < -0.3 is 10.8 Å². The molecule has 0 N–H and O–H groups in total. The van der Waals surface area contributed by atoms with E-state index in [0.29, 0.717) is 0 Å². The quantitative estimate of drug-likeness (QED) is 0.358. The van der Waals surface area contributed by atoms with E-state index in [1.54, 1.807) is 0 Å². The second-order valence-electron chi connectivity index (χ2n) is 3.38. The summed E-state index contributed by atoms with van der Waals surface area (Å²) in [5, 5.41) is 0. The summed E-state index contributed by atoms with van der Waals surface area (Å²) in [6.07, 6.45) is 3.79. The number of benzene rings is 1. The first-order valence-electron chi connectivity index (χ1n) is 4.60. The van der Waals surface area contributed by atoms with Gasteiger partial charge in [-0.2, -0.15) is 0 Å². The molecule has 1 aromatic carbocycles. The Bertz CT molecular complexity index is 349. The SMILES string of the molecule is C=[C-]C(=O)OC1Cc2ccccc2C1.[Rh]. The molecule has 0 spiro atoms. The summed E-state index contributed by atoms with van der Waals surface area (Å²) >= 11 is 0. The number of hydrogen-bond acceptors (Lipinski definition) is 2. The smallest absolute Gasteiger partial charge is 0.147 e. The summed E-state index contributed by atoms with van der Waals surface area (Å²) in [7, 11) is 0. The third-order valence-corrected chi connectivity index (χ3v) is 2.43. The standard InChI is InChI=1S/C12H11O2.Rh/c1-2-12(13)14-11-7-9-5-3-4-6-10(9)8-11;/h3-6,11H,1,7-8H2;/q-1;. The minimum Gasteiger partial charge on any atom is -0.486 e. The van der Waals surface area contributed by atoms with Crippen molar-refractivity contribution in [3.63, 3.8) is 0 Å². The van der Waals surface area contributed by atoms with Crippen LogP contribution in [-0.2, 0) is 41.9 Å². The molecule has 0 atom stereocenters. The van der Waals surface area contributed by atoms with E-state index >= 15 is 0 Å². The monoisotopic (exact) mass is 290 g/mol. The molecule has 0 fully saturated rings. The van der Waals surface area contributed by atoms with E-state index in [4.69, 9.17) is 4.74 Å². The van der Waals surface area contributed by atoms with Gasteiger partial charge in [0.05, 0.1) is 0 Å². The number of carbonyl (C=O) groups is 1. The summed E-state index contributed by atoms with van der Waals surface area (Å²) in [5.41, 5.74) is 2.55. The van der Waals surface area contributed by atoms with Crippen LogP contribution in [0.3, 0.4) is 0 Å². The van der Waals surface area contributed by atoms with Crippen LogP contribution in [0.4, 0.5) is 0 Å². The molecule has 0 bridgehead atoms. The van der Waals surface area contributed by atoms with E-state index in [1.165, 1.54) is 11.1 Å². The first kappa shape index (κ1) is 12.1. The molecule has 81 valence electrons. The van der Waals surface area contributed by atoms with E-state index < -0.39 is 5.97 Å². The van der Waals surface area contributed by atoms with Gasteiger partial charge in [-0.3, -0.25) is 11.4 Å². The van der Waals surface area contributed by atoms with Crippen molar-refractivity contribution in [2.24, 2.45) is 0 Å². The molecule has 2 nitrogen and oxygen atoms in total. The van der Waals surface area contributed by atoms with Crippen LogP contribution in [-0.4, -0.2) is 12.1 Å². The molecular weight excluding hydrogens is 279 g/mol. The fourth-order valence-corrected chi connectivity index (χ4v) is 1.79. The van der Waals surface area contributed by atoms with E-state index in [2.05, 4.69) is 24.8 Å². The molecule has 2 rings (SSSR count). The minimum atomic E-state index is -0.456. The number of fused-ring (bicyclic) bond motifs is 1. The number of carbonyl (C=O) groups excluding carboxylic acids is 1. The average Bonchev–Trinajstić information content (AvgIpc) is 2.59. The average molecular weight is 290 g/mol. The number of rotatable bonds is 2. The first-order valence-corrected chi connectivity index (χ1v) is 4.60. The van der Waals surface area contributed by atoms with E-state index in [0.717, 1.165) is 12.8 Å². The van der Waals surface area contributed by atoms with Crippen molar-refractivity contribution in [3.8, 4) is 0 Å². The summed E-state index contributed by atoms with van der Waals surface area (Å²) in [4.78, 5) is 10.9. The summed E-state index contributed by atoms with van der Waals surface area (Å²) in [6.45, 7) is 3.25. The van der Waals surface area contributed by atoms with Crippen molar-refractivity contribution in [2.45, 2.75) is 18.9 Å². The number of hydrogen-bond donors (Lipinski definition) is 0. The zero-order valence-electron chi connectivity index (χ0n) is 8.16. The Morgan fingerprint density at radius 2 is 1.87 bits per heavy atom. The van der Waals surface area contributed by atoms with Crippen molar-refractivity contribution in [2.75, 3.05) is 0 Å². The maximum Gasteiger partial charge on any atom is 0.147 e. The van der Waals surface area contributed by atoms with Crippen molar-refractivity contribution in [3.05, 3.63) is 48.0 Å². The predicted octanol–water partition coefficient (Wildman–Crippen LogP) is 1.68. The Morgan fingerprint density at radius 1 is 1.33 bits per heavy atom. The van der Waals surface area contributed by atoms with Crippen molar-refractivity contribution in [1.82, 2.24) is 0 Å². The van der Waals surface area contributed by atoms with Crippen LogP contribution in [0.2, 0.25) is 0 Å². The molecule has 0 amide bonds. The molecular formula is C12H11O2Rh-. The summed E-state index contributed by atoms with van der Waals surface area (Å²) in [5.74, 6) is -0.456. The van der Waals surface area contributed by atoms with Gasteiger partial charge in [-0.1, -0.05) is 24.3 Å². The Labute approximate surface area is 102 Å². The Kier molecular flexibility index (Phi) is 4.22. The van der Waals surface area contributed by atoms with Crippen molar-refractivity contribution >= 4 is 5.97 Å². The van der Waals surface area contributed by atoms with Gasteiger partial charge in [0, 0.05) is 32.3 Å². The van der Waals surface area contributed by atoms with Crippen LogP contribution in [0.5, 0.6) is 0 Å². The van der Waals surface area contributed by atoms with Crippen LogP contribution < -0.4 is 0 Å². The Balaban J connectivity index is 0.00000112. The summed E-state index contributed by atoms with van der Waals surface area (Å²) < 4.78 is 5.13. The molecule has 0 aromatic heterocycles. The van der Waals surface area contributed by atoms with Gasteiger partial charge >= 0.3 is 0 Å². The molecule has 3 heteroatoms. The predicted molar refractivity (Wildman–Crippen MR) is 52.6 cm³/mol. The molecule has 1 aliphatic carbocycles. The first-order chi connectivity index (χ1) is 6.79. The van der Waals surface area contributed by atoms with Crippen molar-refractivity contribution in [1.29, 1.82) is 0 Å². The minimum absolute atomic E-state index is 0. The molecule has 0 saturated heterocycles. The molecule has 15 heavy (non-hydrogen) atoms. The number of ether oxygens (including phenoxy) is 1. The maximum absolute atomic E-state index is 10.9. The molecule has 0 aliphatic heterocycles. The molecule has 0 saturated carbocycles. The van der Waals surface area contributed by atoms with Crippen LogP contribution in [0.1, 0.15) is 11.1 Å². The van der Waals surface area contributed by atoms with Gasteiger partial charge in [-0.05, 0) is 11.1 Å². The van der Waals surface area contributed by atoms with Crippen LogP contribution in [0, 0.1) is 6.08 Å². The number of esters is 1. The van der Waals surface area contributed by atoms with Crippen LogP contribution >= 0.6 is 0 Å². The molecule has 0 unspecified atom stereocenters. The fourth-order valence-electron chi connectivity index (χ4n) is 1.79. The zero-order chi connectivity index (χ0) is 9.97. The van der Waals surface area contributed by atoms with Gasteiger partial charge in [-0.25, -0.2) is 0 Å². The van der Waals surface area contributed by atoms with Gasteiger partial charge in [0.25, 0.3) is 0 Å². The summed E-state index contributed by atoms with van der Waals surface area (Å²) in [6, 6.07) is 8.15. The van der Waals surface area contributed by atoms with Gasteiger partial charge in [0.15, 0.2) is 0 Å². The van der Waals surface area contributed by atoms with Gasteiger partial charge in [0.1, 0.15) is 12.1 Å². The Hall–Kier alpha value is -0.947. The largest absolute Gasteiger partial charge is 0.486 e. The molecule has 1 aromatic rings. The van der Waals surface area contributed by atoms with Crippen LogP contribution in [0.25, 0.3) is 0 Å². The van der Waals surface area contributed by atoms with E-state index in [9.17, 15) is 4.79 Å². The normalized spacial score (nSPS) is 13.9. The topological polar surface area (TPSA) is 26.3 Å². The van der Waals surface area contributed by atoms with Gasteiger partial charge in [-0.15, -0.1) is 0 Å². The second kappa shape index (κ2) is 5.22. The maximum atomic E-state index is 10.9. The second-order valence-corrected chi connectivity index (χ2v) is 3.38. The molecule has 0 heterocycles. The van der Waals surface area contributed by atoms with Crippen molar-refractivity contribution < 1.29 is 29.0 Å². The van der Waals surface area contributed by atoms with E-state index in [-0.39, 0.29) is 25.6 Å². The zero-order valence-corrected chi connectivity index (χ0v) is 9.80. The third kappa shape index (κ3) is 2.76. The van der Waals surface area contributed by atoms with E-state index in [1.807, 2.05) is 12.1 Å². The van der Waals surface area contributed by atoms with Gasteiger partial charge in [0.2, 0.25) is 0 Å². The molecule has 1 radical (unpaired) electrons. The molecule has 1 aliphatic rings. The third-order valence-electron chi connectivity index (χ3n) is 2.43.